The molecule has 0 radical (unpaired) electrons. The molecule has 1 aromatic heterocycles. The van der Waals surface area contributed by atoms with Crippen molar-refractivity contribution >= 4 is 29.0 Å². The summed E-state index contributed by atoms with van der Waals surface area (Å²) in [6, 6.07) is 0. The second-order valence-corrected chi connectivity index (χ2v) is 8.57. The van der Waals surface area contributed by atoms with Crippen LogP contribution >= 0.6 is 22.9 Å². The van der Waals surface area contributed by atoms with Gasteiger partial charge in [-0.05, 0) is 47.5 Å². The van der Waals surface area contributed by atoms with Crippen LogP contribution in [0.1, 0.15) is 52.5 Å². The number of rotatable bonds is 7. The molecule has 0 saturated carbocycles. The van der Waals surface area contributed by atoms with Gasteiger partial charge in [-0.2, -0.15) is 0 Å². The average molecular weight is 348 g/mol. The second kappa shape index (κ2) is 8.13. The van der Waals surface area contributed by atoms with Crippen molar-refractivity contribution in [2.45, 2.75) is 65.1 Å². The summed E-state index contributed by atoms with van der Waals surface area (Å²) in [6.45, 7) is 11.1. The Bertz CT molecular complexity index is 483. The van der Waals surface area contributed by atoms with Crippen LogP contribution in [0.15, 0.2) is 6.20 Å². The van der Waals surface area contributed by atoms with E-state index in [1.165, 1.54) is 11.3 Å². The first-order valence-corrected chi connectivity index (χ1v) is 8.59. The number of halogens is 1. The molecule has 1 heterocycles. The van der Waals surface area contributed by atoms with E-state index in [-0.39, 0.29) is 11.6 Å². The minimum absolute atomic E-state index is 0.0340. The number of alkyl carbamates (subject to hydrolysis) is 1. The topological polar surface area (TPSA) is 63.2 Å². The summed E-state index contributed by atoms with van der Waals surface area (Å²) in [5, 5.41) is 7.21. The largest absolute Gasteiger partial charge is 0.444 e. The first kappa shape index (κ1) is 19.2. The molecule has 2 N–H and O–H groups in total. The van der Waals surface area contributed by atoms with E-state index in [0.717, 1.165) is 17.8 Å². The van der Waals surface area contributed by atoms with Gasteiger partial charge in [-0.25, -0.2) is 9.78 Å². The van der Waals surface area contributed by atoms with Crippen molar-refractivity contribution in [1.82, 2.24) is 15.6 Å². The van der Waals surface area contributed by atoms with Crippen LogP contribution in [0.5, 0.6) is 0 Å². The molecule has 0 aromatic carbocycles. The van der Waals surface area contributed by atoms with Gasteiger partial charge in [-0.3, -0.25) is 0 Å². The number of carbonyl (C=O) groups excluding carboxylic acids is 1. The SMILES string of the molecule is CC(C)(CCCNC(=O)OC(C)(C)C)NCc1ncc(Cl)s1. The zero-order valence-corrected chi connectivity index (χ0v) is 15.5. The number of aromatic nitrogens is 1. The third kappa shape index (κ3) is 8.56. The lowest BCUT2D eigenvalue weighted by molar-refractivity contribution is 0.0526. The van der Waals surface area contributed by atoms with Gasteiger partial charge in [0.1, 0.15) is 14.9 Å². The molecule has 7 heteroatoms. The van der Waals surface area contributed by atoms with Gasteiger partial charge >= 0.3 is 6.09 Å². The predicted octanol–water partition coefficient (Wildman–Crippen LogP) is 3.97. The number of thiazole rings is 1. The Labute approximate surface area is 141 Å². The van der Waals surface area contributed by atoms with Gasteiger partial charge in [0.15, 0.2) is 0 Å². The number of carbonyl (C=O) groups is 1. The first-order valence-electron chi connectivity index (χ1n) is 7.39. The lowest BCUT2D eigenvalue weighted by atomic mass is 9.98. The van der Waals surface area contributed by atoms with E-state index < -0.39 is 5.60 Å². The Morgan fingerprint density at radius 1 is 1.36 bits per heavy atom. The van der Waals surface area contributed by atoms with Crippen molar-refractivity contribution in [1.29, 1.82) is 0 Å². The molecular formula is C15H26ClN3O2S. The molecule has 22 heavy (non-hydrogen) atoms. The standard InChI is InChI=1S/C15H26ClN3O2S/c1-14(2,3)21-13(20)17-8-6-7-15(4,5)19-10-12-18-9-11(16)22-12/h9,19H,6-8,10H2,1-5H3,(H,17,20). The van der Waals surface area contributed by atoms with Crippen LogP contribution in [0.3, 0.4) is 0 Å². The van der Waals surface area contributed by atoms with Crippen LogP contribution in [0, 0.1) is 0 Å². The molecule has 0 aliphatic rings. The van der Waals surface area contributed by atoms with Crippen LogP contribution in [-0.2, 0) is 11.3 Å². The van der Waals surface area contributed by atoms with Gasteiger partial charge in [0, 0.05) is 18.6 Å². The van der Waals surface area contributed by atoms with Gasteiger partial charge in [0.05, 0.1) is 6.20 Å². The molecule has 0 spiro atoms. The number of ether oxygens (including phenoxy) is 1. The lowest BCUT2D eigenvalue weighted by Gasteiger charge is -2.26. The van der Waals surface area contributed by atoms with E-state index in [9.17, 15) is 4.79 Å². The highest BCUT2D eigenvalue weighted by molar-refractivity contribution is 7.15. The summed E-state index contributed by atoms with van der Waals surface area (Å²) in [4.78, 5) is 15.8. The van der Waals surface area contributed by atoms with Crippen molar-refractivity contribution in [2.24, 2.45) is 0 Å². The summed E-state index contributed by atoms with van der Waals surface area (Å²) in [5.74, 6) is 0. The summed E-state index contributed by atoms with van der Waals surface area (Å²) < 4.78 is 5.90. The van der Waals surface area contributed by atoms with E-state index in [0.29, 0.717) is 17.4 Å². The molecule has 1 amide bonds. The summed E-state index contributed by atoms with van der Waals surface area (Å²) in [6.07, 6.45) is 3.11. The summed E-state index contributed by atoms with van der Waals surface area (Å²) in [5.41, 5.74) is -0.492. The Kier molecular flexibility index (Phi) is 7.09. The Morgan fingerprint density at radius 3 is 2.59 bits per heavy atom. The summed E-state index contributed by atoms with van der Waals surface area (Å²) >= 11 is 7.35. The van der Waals surface area contributed by atoms with Crippen molar-refractivity contribution in [2.75, 3.05) is 6.54 Å². The Morgan fingerprint density at radius 2 is 2.05 bits per heavy atom. The molecule has 0 fully saturated rings. The average Bonchev–Trinajstić information content (AvgIpc) is 2.76. The molecule has 126 valence electrons. The fourth-order valence-corrected chi connectivity index (χ4v) is 2.70. The normalized spacial score (nSPS) is 12.3. The number of hydrogen-bond donors (Lipinski definition) is 2. The Balaban J connectivity index is 2.21. The molecule has 1 rings (SSSR count). The number of amides is 1. The predicted molar refractivity (Wildman–Crippen MR) is 91.5 cm³/mol. The number of hydrogen-bond acceptors (Lipinski definition) is 5. The van der Waals surface area contributed by atoms with Gasteiger partial charge in [0.2, 0.25) is 0 Å². The fraction of sp³-hybridized carbons (Fsp3) is 0.733. The maximum Gasteiger partial charge on any atom is 0.407 e. The zero-order valence-electron chi connectivity index (χ0n) is 14.0. The highest BCUT2D eigenvalue weighted by Crippen LogP contribution is 2.19. The molecular weight excluding hydrogens is 322 g/mol. The van der Waals surface area contributed by atoms with E-state index >= 15 is 0 Å². The molecule has 0 bridgehead atoms. The maximum atomic E-state index is 11.5. The number of nitrogens with zero attached hydrogens (tertiary/aromatic N) is 1. The van der Waals surface area contributed by atoms with Crippen LogP contribution in [0.4, 0.5) is 4.79 Å². The zero-order chi connectivity index (χ0) is 16.8. The third-order valence-electron chi connectivity index (χ3n) is 2.89. The molecule has 0 unspecified atom stereocenters. The van der Waals surface area contributed by atoms with Gasteiger partial charge < -0.3 is 15.4 Å². The van der Waals surface area contributed by atoms with E-state index in [2.05, 4.69) is 29.5 Å². The highest BCUT2D eigenvalue weighted by Gasteiger charge is 2.18. The van der Waals surface area contributed by atoms with Crippen molar-refractivity contribution in [3.63, 3.8) is 0 Å². The van der Waals surface area contributed by atoms with Gasteiger partial charge in [-0.1, -0.05) is 11.6 Å². The molecule has 0 aliphatic heterocycles. The highest BCUT2D eigenvalue weighted by atomic mass is 35.5. The third-order valence-corrected chi connectivity index (χ3v) is 4.01. The van der Waals surface area contributed by atoms with Crippen LogP contribution in [0.2, 0.25) is 4.34 Å². The minimum Gasteiger partial charge on any atom is -0.444 e. The lowest BCUT2D eigenvalue weighted by Crippen LogP contribution is -2.40. The van der Waals surface area contributed by atoms with Crippen molar-refractivity contribution in [3.05, 3.63) is 15.5 Å². The number of nitrogens with one attached hydrogen (secondary N) is 2. The smallest absolute Gasteiger partial charge is 0.407 e. The second-order valence-electron chi connectivity index (χ2n) is 6.83. The van der Waals surface area contributed by atoms with E-state index in [1.54, 1.807) is 6.20 Å². The van der Waals surface area contributed by atoms with Crippen LogP contribution in [-0.4, -0.2) is 28.8 Å². The van der Waals surface area contributed by atoms with Crippen LogP contribution in [0.25, 0.3) is 0 Å². The Hall–Kier alpha value is -0.850. The van der Waals surface area contributed by atoms with E-state index in [4.69, 9.17) is 16.3 Å². The molecule has 0 saturated heterocycles. The van der Waals surface area contributed by atoms with Crippen molar-refractivity contribution in [3.8, 4) is 0 Å². The van der Waals surface area contributed by atoms with Crippen LogP contribution < -0.4 is 10.6 Å². The molecule has 1 aromatic rings. The minimum atomic E-state index is -0.458. The molecule has 0 atom stereocenters. The maximum absolute atomic E-state index is 11.5. The molecule has 5 nitrogen and oxygen atoms in total. The fourth-order valence-electron chi connectivity index (χ4n) is 1.81. The monoisotopic (exact) mass is 347 g/mol. The quantitative estimate of drug-likeness (QED) is 0.732. The first-order chi connectivity index (χ1) is 10.1. The summed E-state index contributed by atoms with van der Waals surface area (Å²) in [7, 11) is 0. The van der Waals surface area contributed by atoms with E-state index in [1.807, 2.05) is 20.8 Å². The molecule has 0 aliphatic carbocycles. The van der Waals surface area contributed by atoms with Crippen molar-refractivity contribution < 1.29 is 9.53 Å². The van der Waals surface area contributed by atoms with Gasteiger partial charge in [0.25, 0.3) is 0 Å². The van der Waals surface area contributed by atoms with Gasteiger partial charge in [-0.15, -0.1) is 11.3 Å².